The lowest BCUT2D eigenvalue weighted by atomic mass is 10.4. The molecule has 1 aromatic heterocycles. The van der Waals surface area contributed by atoms with E-state index in [1.165, 1.54) is 12.0 Å². The number of esters is 1. The summed E-state index contributed by atoms with van der Waals surface area (Å²) < 4.78 is 4.58. The predicted octanol–water partition coefficient (Wildman–Crippen LogP) is 1.37. The van der Waals surface area contributed by atoms with E-state index in [1.54, 1.807) is 16.2 Å². The third-order valence-electron chi connectivity index (χ3n) is 1.94. The Kier molecular flexibility index (Phi) is 3.46. The quantitative estimate of drug-likeness (QED) is 0.713. The minimum atomic E-state index is -0.252. The number of nitrogens with zero attached hydrogens (tertiary/aromatic N) is 2. The van der Waals surface area contributed by atoms with Crippen LogP contribution in [0.3, 0.4) is 0 Å². The van der Waals surface area contributed by atoms with Gasteiger partial charge in [-0.25, -0.2) is 4.98 Å². The van der Waals surface area contributed by atoms with Crippen LogP contribution in [0.15, 0.2) is 0 Å². The van der Waals surface area contributed by atoms with Crippen molar-refractivity contribution in [3.63, 3.8) is 0 Å². The van der Waals surface area contributed by atoms with E-state index in [1.807, 2.05) is 20.9 Å². The molecule has 14 heavy (non-hydrogen) atoms. The van der Waals surface area contributed by atoms with Gasteiger partial charge in [0.15, 0.2) is 5.13 Å². The number of thiazole rings is 1. The molecule has 1 heterocycles. The third kappa shape index (κ3) is 2.45. The highest BCUT2D eigenvalue weighted by Crippen LogP contribution is 2.23. The molecule has 0 bridgehead atoms. The molecule has 0 aliphatic rings. The third-order valence-corrected chi connectivity index (χ3v) is 3.12. The molecule has 0 fully saturated rings. The summed E-state index contributed by atoms with van der Waals surface area (Å²) in [6.07, 6.45) is 0. The molecule has 0 aliphatic heterocycles. The van der Waals surface area contributed by atoms with Crippen molar-refractivity contribution in [2.45, 2.75) is 13.8 Å². The normalized spacial score (nSPS) is 10.0. The van der Waals surface area contributed by atoms with Crippen molar-refractivity contribution in [1.29, 1.82) is 0 Å². The maximum Gasteiger partial charge on any atom is 0.325 e. The summed E-state index contributed by atoms with van der Waals surface area (Å²) in [5, 5.41) is 0.852. The Bertz CT molecular complexity index is 316. The summed E-state index contributed by atoms with van der Waals surface area (Å²) >= 11 is 1.58. The molecular formula is C9H14N2O2S. The molecular weight excluding hydrogens is 200 g/mol. The topological polar surface area (TPSA) is 42.4 Å². The molecule has 0 aromatic carbocycles. The Morgan fingerprint density at radius 2 is 2.21 bits per heavy atom. The molecule has 78 valence electrons. The lowest BCUT2D eigenvalue weighted by molar-refractivity contribution is -0.138. The lowest BCUT2D eigenvalue weighted by Crippen LogP contribution is -2.26. The van der Waals surface area contributed by atoms with Crippen molar-refractivity contribution in [3.8, 4) is 0 Å². The average Bonchev–Trinajstić information content (AvgIpc) is 2.47. The fourth-order valence-electron chi connectivity index (χ4n) is 0.945. The van der Waals surface area contributed by atoms with Crippen LogP contribution in [0.4, 0.5) is 5.13 Å². The van der Waals surface area contributed by atoms with Gasteiger partial charge in [-0.15, -0.1) is 11.3 Å². The number of likely N-dealkylation sites (N-methyl/N-ethyl adjacent to an activating group) is 1. The number of carbonyl (C=O) groups is 1. The molecule has 1 aromatic rings. The monoisotopic (exact) mass is 214 g/mol. The van der Waals surface area contributed by atoms with Gasteiger partial charge < -0.3 is 9.64 Å². The predicted molar refractivity (Wildman–Crippen MR) is 56.9 cm³/mol. The van der Waals surface area contributed by atoms with E-state index in [2.05, 4.69) is 9.72 Å². The molecule has 5 heteroatoms. The van der Waals surface area contributed by atoms with Crippen molar-refractivity contribution in [2.24, 2.45) is 0 Å². The number of carbonyl (C=O) groups excluding carboxylic acids is 1. The zero-order valence-corrected chi connectivity index (χ0v) is 9.64. The molecule has 0 radical (unpaired) electrons. The number of aromatic nitrogens is 1. The minimum absolute atomic E-state index is 0.239. The van der Waals surface area contributed by atoms with Crippen molar-refractivity contribution < 1.29 is 9.53 Å². The maximum atomic E-state index is 11.0. The first-order valence-corrected chi connectivity index (χ1v) is 5.08. The van der Waals surface area contributed by atoms with Crippen LogP contribution in [0, 0.1) is 13.8 Å². The number of hydrogen-bond acceptors (Lipinski definition) is 5. The van der Waals surface area contributed by atoms with Gasteiger partial charge in [-0.2, -0.15) is 0 Å². The van der Waals surface area contributed by atoms with Crippen molar-refractivity contribution in [2.75, 3.05) is 25.6 Å². The van der Waals surface area contributed by atoms with Gasteiger partial charge >= 0.3 is 5.97 Å². The van der Waals surface area contributed by atoms with Crippen molar-refractivity contribution >= 4 is 22.4 Å². The van der Waals surface area contributed by atoms with E-state index in [9.17, 15) is 4.79 Å². The first-order chi connectivity index (χ1) is 6.54. The minimum Gasteiger partial charge on any atom is -0.468 e. The van der Waals surface area contributed by atoms with E-state index in [0.717, 1.165) is 10.8 Å². The van der Waals surface area contributed by atoms with Gasteiger partial charge in [-0.05, 0) is 13.8 Å². The Labute approximate surface area is 87.5 Å². The van der Waals surface area contributed by atoms with Gasteiger partial charge in [-0.3, -0.25) is 4.79 Å². The summed E-state index contributed by atoms with van der Waals surface area (Å²) in [5.41, 5.74) is 1.02. The van der Waals surface area contributed by atoms with Crippen LogP contribution in [0.2, 0.25) is 0 Å². The van der Waals surface area contributed by atoms with Gasteiger partial charge in [0.1, 0.15) is 6.54 Å². The van der Waals surface area contributed by atoms with Gasteiger partial charge in [-0.1, -0.05) is 0 Å². The van der Waals surface area contributed by atoms with Gasteiger partial charge in [0.2, 0.25) is 0 Å². The summed E-state index contributed by atoms with van der Waals surface area (Å²) in [5.74, 6) is -0.252. The van der Waals surface area contributed by atoms with Gasteiger partial charge in [0.05, 0.1) is 12.8 Å². The van der Waals surface area contributed by atoms with Crippen LogP contribution in [-0.4, -0.2) is 31.7 Å². The number of ether oxygens (including phenoxy) is 1. The molecule has 0 atom stereocenters. The number of rotatable bonds is 3. The molecule has 1 rings (SSSR count). The number of methoxy groups -OCH3 is 1. The summed E-state index contributed by atoms with van der Waals surface area (Å²) in [6.45, 7) is 4.21. The molecule has 0 N–H and O–H groups in total. The van der Waals surface area contributed by atoms with Crippen LogP contribution in [0.1, 0.15) is 10.6 Å². The Morgan fingerprint density at radius 1 is 1.57 bits per heavy atom. The van der Waals surface area contributed by atoms with Crippen LogP contribution in [-0.2, 0) is 9.53 Å². The van der Waals surface area contributed by atoms with E-state index in [0.29, 0.717) is 0 Å². The molecule has 0 spiro atoms. The Morgan fingerprint density at radius 3 is 2.64 bits per heavy atom. The fourth-order valence-corrected chi connectivity index (χ4v) is 1.82. The molecule has 0 unspecified atom stereocenters. The van der Waals surface area contributed by atoms with Gasteiger partial charge in [0.25, 0.3) is 0 Å². The van der Waals surface area contributed by atoms with Crippen LogP contribution in [0.5, 0.6) is 0 Å². The van der Waals surface area contributed by atoms with E-state index in [4.69, 9.17) is 0 Å². The maximum absolute atomic E-state index is 11.0. The van der Waals surface area contributed by atoms with Crippen LogP contribution < -0.4 is 4.90 Å². The molecule has 0 aliphatic carbocycles. The second-order valence-corrected chi connectivity index (χ2v) is 4.25. The lowest BCUT2D eigenvalue weighted by Gasteiger charge is -2.13. The number of aryl methyl sites for hydroxylation is 2. The molecule has 0 saturated heterocycles. The second-order valence-electron chi connectivity index (χ2n) is 3.07. The van der Waals surface area contributed by atoms with E-state index >= 15 is 0 Å². The van der Waals surface area contributed by atoms with Crippen LogP contribution >= 0.6 is 11.3 Å². The molecule has 4 nitrogen and oxygen atoms in total. The van der Waals surface area contributed by atoms with Crippen molar-refractivity contribution in [3.05, 3.63) is 10.6 Å². The molecule has 0 saturated carbocycles. The highest BCUT2D eigenvalue weighted by molar-refractivity contribution is 7.15. The standard InChI is InChI=1S/C9H14N2O2S/c1-6-7(2)14-9(10-6)11(3)5-8(12)13-4/h5H2,1-4H3. The van der Waals surface area contributed by atoms with E-state index < -0.39 is 0 Å². The van der Waals surface area contributed by atoms with Gasteiger partial charge in [0, 0.05) is 11.9 Å². The first-order valence-electron chi connectivity index (χ1n) is 4.26. The Balaban J connectivity index is 2.69. The second kappa shape index (κ2) is 4.41. The zero-order chi connectivity index (χ0) is 10.7. The fraction of sp³-hybridized carbons (Fsp3) is 0.556. The van der Waals surface area contributed by atoms with Crippen LogP contribution in [0.25, 0.3) is 0 Å². The zero-order valence-electron chi connectivity index (χ0n) is 8.83. The smallest absolute Gasteiger partial charge is 0.325 e. The SMILES string of the molecule is COC(=O)CN(C)c1nc(C)c(C)s1. The first kappa shape index (κ1) is 11.0. The highest BCUT2D eigenvalue weighted by atomic mass is 32.1. The summed E-state index contributed by atoms with van der Waals surface area (Å²) in [4.78, 5) is 18.3. The largest absolute Gasteiger partial charge is 0.468 e. The summed E-state index contributed by atoms with van der Waals surface area (Å²) in [6, 6.07) is 0. The number of anilines is 1. The summed E-state index contributed by atoms with van der Waals surface area (Å²) in [7, 11) is 3.21. The van der Waals surface area contributed by atoms with E-state index in [-0.39, 0.29) is 12.5 Å². The average molecular weight is 214 g/mol. The number of hydrogen-bond donors (Lipinski definition) is 0. The Hall–Kier alpha value is -1.10. The van der Waals surface area contributed by atoms with Crippen molar-refractivity contribution in [1.82, 2.24) is 4.98 Å². The highest BCUT2D eigenvalue weighted by Gasteiger charge is 2.11. The molecule has 0 amide bonds.